The third-order valence-electron chi connectivity index (χ3n) is 4.13. The summed E-state index contributed by atoms with van der Waals surface area (Å²) >= 11 is 11.9. The lowest BCUT2D eigenvalue weighted by molar-refractivity contribution is -0.0509. The highest BCUT2D eigenvalue weighted by atomic mass is 35.5. The molecule has 1 aromatic carbocycles. The minimum absolute atomic E-state index is 0.300. The molecule has 0 spiro atoms. The quantitative estimate of drug-likeness (QED) is 0.874. The number of alkyl halides is 2. The van der Waals surface area contributed by atoms with Crippen LogP contribution in [0.2, 0.25) is 10.0 Å². The van der Waals surface area contributed by atoms with Crippen molar-refractivity contribution >= 4 is 34.2 Å². The van der Waals surface area contributed by atoms with E-state index in [1.165, 1.54) is 17.0 Å². The molecule has 2 N–H and O–H groups in total. The SMILES string of the molecule is O[C@H]1CCCN[C@@H]1CC(F)(F)Cn1cnc2cc(Cl)c(Cl)cc21. The topological polar surface area (TPSA) is 50.1 Å². The van der Waals surface area contributed by atoms with Gasteiger partial charge in [0, 0.05) is 12.5 Å². The van der Waals surface area contributed by atoms with Crippen molar-refractivity contribution in [3.63, 3.8) is 0 Å². The van der Waals surface area contributed by atoms with Gasteiger partial charge in [-0.3, -0.25) is 0 Å². The number of nitrogens with one attached hydrogen (secondary N) is 1. The van der Waals surface area contributed by atoms with Crippen LogP contribution in [0.5, 0.6) is 0 Å². The molecule has 2 heterocycles. The van der Waals surface area contributed by atoms with Crippen LogP contribution in [0.15, 0.2) is 18.5 Å². The first kappa shape index (κ1) is 16.9. The van der Waals surface area contributed by atoms with Crippen molar-refractivity contribution in [1.82, 2.24) is 14.9 Å². The summed E-state index contributed by atoms with van der Waals surface area (Å²) in [6.45, 7) is 0.131. The van der Waals surface area contributed by atoms with Gasteiger partial charge in [0.2, 0.25) is 0 Å². The molecule has 2 aromatic rings. The van der Waals surface area contributed by atoms with Gasteiger partial charge >= 0.3 is 0 Å². The lowest BCUT2D eigenvalue weighted by atomic mass is 9.96. The number of aromatic nitrogens is 2. The zero-order chi connectivity index (χ0) is 16.6. The Morgan fingerprint density at radius 3 is 2.83 bits per heavy atom. The number of piperidine rings is 1. The minimum Gasteiger partial charge on any atom is -0.392 e. The molecule has 1 saturated heterocycles. The number of aliphatic hydroxyl groups is 1. The van der Waals surface area contributed by atoms with E-state index in [-0.39, 0.29) is 0 Å². The number of benzene rings is 1. The Labute approximate surface area is 142 Å². The van der Waals surface area contributed by atoms with Gasteiger partial charge in [-0.25, -0.2) is 13.8 Å². The van der Waals surface area contributed by atoms with Crippen LogP contribution in [0.1, 0.15) is 19.3 Å². The van der Waals surface area contributed by atoms with Gasteiger partial charge in [-0.05, 0) is 31.5 Å². The number of hydrogen-bond donors (Lipinski definition) is 2. The van der Waals surface area contributed by atoms with Gasteiger partial charge in [-0.2, -0.15) is 0 Å². The fourth-order valence-electron chi connectivity index (χ4n) is 2.96. The van der Waals surface area contributed by atoms with E-state index >= 15 is 0 Å². The van der Waals surface area contributed by atoms with Crippen LogP contribution in [0.25, 0.3) is 11.0 Å². The highest BCUT2D eigenvalue weighted by molar-refractivity contribution is 6.42. The molecule has 0 aliphatic carbocycles. The highest BCUT2D eigenvalue weighted by Gasteiger charge is 2.37. The average molecular weight is 364 g/mol. The van der Waals surface area contributed by atoms with E-state index in [2.05, 4.69) is 10.3 Å². The molecule has 126 valence electrons. The Hall–Kier alpha value is -0.950. The minimum atomic E-state index is -2.98. The Morgan fingerprint density at radius 2 is 2.09 bits per heavy atom. The average Bonchev–Trinajstić information content (AvgIpc) is 2.83. The van der Waals surface area contributed by atoms with E-state index in [4.69, 9.17) is 23.2 Å². The van der Waals surface area contributed by atoms with Gasteiger partial charge in [-0.1, -0.05) is 23.2 Å². The molecule has 1 aliphatic heterocycles. The van der Waals surface area contributed by atoms with Gasteiger partial charge in [0.25, 0.3) is 5.92 Å². The Bertz CT molecular complexity index is 707. The molecule has 1 aromatic heterocycles. The zero-order valence-corrected chi connectivity index (χ0v) is 13.8. The molecule has 2 atom stereocenters. The molecule has 8 heteroatoms. The van der Waals surface area contributed by atoms with E-state index in [0.717, 1.165) is 6.42 Å². The second-order valence-electron chi connectivity index (χ2n) is 5.96. The van der Waals surface area contributed by atoms with Crippen molar-refractivity contribution in [2.24, 2.45) is 0 Å². The molecule has 3 rings (SSSR count). The second-order valence-corrected chi connectivity index (χ2v) is 6.77. The summed E-state index contributed by atoms with van der Waals surface area (Å²) in [6, 6.07) is 2.50. The maximum atomic E-state index is 14.4. The third-order valence-corrected chi connectivity index (χ3v) is 4.85. The van der Waals surface area contributed by atoms with E-state index in [9.17, 15) is 13.9 Å². The molecule has 0 radical (unpaired) electrons. The summed E-state index contributed by atoms with van der Waals surface area (Å²) in [7, 11) is 0. The summed E-state index contributed by atoms with van der Waals surface area (Å²) in [5, 5.41) is 13.5. The molecule has 0 bridgehead atoms. The molecule has 23 heavy (non-hydrogen) atoms. The molecule has 1 aliphatic rings. The van der Waals surface area contributed by atoms with E-state index in [0.29, 0.717) is 34.0 Å². The van der Waals surface area contributed by atoms with E-state index in [1.54, 1.807) is 6.07 Å². The van der Waals surface area contributed by atoms with Gasteiger partial charge < -0.3 is 15.0 Å². The number of nitrogens with zero attached hydrogens (tertiary/aromatic N) is 2. The van der Waals surface area contributed by atoms with Crippen LogP contribution >= 0.6 is 23.2 Å². The van der Waals surface area contributed by atoms with Crippen molar-refractivity contribution in [1.29, 1.82) is 0 Å². The fraction of sp³-hybridized carbons (Fsp3) is 0.533. The highest BCUT2D eigenvalue weighted by Crippen LogP contribution is 2.30. The largest absolute Gasteiger partial charge is 0.392 e. The number of fused-ring (bicyclic) bond motifs is 1. The van der Waals surface area contributed by atoms with Crippen molar-refractivity contribution in [2.45, 2.75) is 43.9 Å². The number of halogens is 4. The van der Waals surface area contributed by atoms with Gasteiger partial charge in [0.15, 0.2) is 0 Å². The Balaban J connectivity index is 1.78. The number of hydrogen-bond acceptors (Lipinski definition) is 3. The van der Waals surface area contributed by atoms with Gasteiger partial charge in [0.1, 0.15) is 0 Å². The summed E-state index contributed by atoms with van der Waals surface area (Å²) in [5.74, 6) is -2.98. The lowest BCUT2D eigenvalue weighted by Gasteiger charge is -2.31. The van der Waals surface area contributed by atoms with Crippen molar-refractivity contribution in [3.05, 3.63) is 28.5 Å². The number of aliphatic hydroxyl groups excluding tert-OH is 1. The number of rotatable bonds is 4. The zero-order valence-electron chi connectivity index (χ0n) is 12.3. The van der Waals surface area contributed by atoms with Crippen LogP contribution in [-0.2, 0) is 6.54 Å². The van der Waals surface area contributed by atoms with Crippen LogP contribution in [0, 0.1) is 0 Å². The van der Waals surface area contributed by atoms with Crippen molar-refractivity contribution < 1.29 is 13.9 Å². The van der Waals surface area contributed by atoms with Crippen LogP contribution in [0.4, 0.5) is 8.78 Å². The van der Waals surface area contributed by atoms with Crippen molar-refractivity contribution in [3.8, 4) is 0 Å². The van der Waals surface area contributed by atoms with E-state index < -0.39 is 31.0 Å². The van der Waals surface area contributed by atoms with E-state index in [1.807, 2.05) is 0 Å². The fourth-order valence-corrected chi connectivity index (χ4v) is 3.27. The van der Waals surface area contributed by atoms with Crippen LogP contribution in [-0.4, -0.2) is 39.3 Å². The molecule has 0 amide bonds. The van der Waals surface area contributed by atoms with Crippen LogP contribution in [0.3, 0.4) is 0 Å². The second kappa shape index (κ2) is 6.51. The molecule has 1 fully saturated rings. The molecule has 0 unspecified atom stereocenters. The standard InChI is InChI=1S/C15H17Cl2F2N3O/c16-9-4-11-13(5-10(9)17)22(8-21-11)7-15(18,19)6-12-14(23)2-1-3-20-12/h4-5,8,12,14,20,23H,1-3,6-7H2/t12-,14+/m1/s1. The normalized spacial score (nSPS) is 22.7. The van der Waals surface area contributed by atoms with Crippen LogP contribution < -0.4 is 5.32 Å². The number of imidazole rings is 1. The van der Waals surface area contributed by atoms with Gasteiger partial charge in [-0.15, -0.1) is 0 Å². The molecular formula is C15H17Cl2F2N3O. The Morgan fingerprint density at radius 1 is 1.35 bits per heavy atom. The first-order valence-corrected chi connectivity index (χ1v) is 8.20. The monoisotopic (exact) mass is 363 g/mol. The first-order chi connectivity index (χ1) is 10.9. The maximum Gasteiger partial charge on any atom is 0.267 e. The van der Waals surface area contributed by atoms with Crippen molar-refractivity contribution in [2.75, 3.05) is 6.54 Å². The molecular weight excluding hydrogens is 347 g/mol. The predicted molar refractivity (Wildman–Crippen MR) is 86.3 cm³/mol. The third kappa shape index (κ3) is 3.76. The summed E-state index contributed by atoms with van der Waals surface area (Å²) in [5.41, 5.74) is 1.03. The smallest absolute Gasteiger partial charge is 0.267 e. The van der Waals surface area contributed by atoms with Gasteiger partial charge in [0.05, 0.1) is 40.1 Å². The maximum absolute atomic E-state index is 14.4. The summed E-state index contributed by atoms with van der Waals surface area (Å²) in [6.07, 6.45) is 1.55. The lowest BCUT2D eigenvalue weighted by Crippen LogP contribution is -2.48. The Kier molecular flexibility index (Phi) is 4.78. The molecule has 4 nitrogen and oxygen atoms in total. The summed E-state index contributed by atoms with van der Waals surface area (Å²) in [4.78, 5) is 4.09. The predicted octanol–water partition coefficient (Wildman–Crippen LogP) is 3.48. The first-order valence-electron chi connectivity index (χ1n) is 7.45. The molecule has 0 saturated carbocycles. The summed E-state index contributed by atoms with van der Waals surface area (Å²) < 4.78 is 30.2.